The van der Waals surface area contributed by atoms with Crippen molar-refractivity contribution >= 4 is 0 Å². The van der Waals surface area contributed by atoms with Gasteiger partial charge >= 0.3 is 0 Å². The molecule has 0 heterocycles. The second-order valence-electron chi connectivity index (χ2n) is 5.30. The molecule has 0 aromatic heterocycles. The Labute approximate surface area is 117 Å². The molecule has 0 aliphatic heterocycles. The summed E-state index contributed by atoms with van der Waals surface area (Å²) in [4.78, 5) is 0. The van der Waals surface area contributed by atoms with E-state index in [9.17, 15) is 9.50 Å². The van der Waals surface area contributed by atoms with E-state index in [-0.39, 0.29) is 11.7 Å². The summed E-state index contributed by atoms with van der Waals surface area (Å²) in [5.41, 5.74) is 2.03. The molecule has 0 bridgehead atoms. The van der Waals surface area contributed by atoms with Crippen molar-refractivity contribution in [3.63, 3.8) is 0 Å². The summed E-state index contributed by atoms with van der Waals surface area (Å²) in [5, 5.41) is 10.4. The van der Waals surface area contributed by atoms with Crippen LogP contribution in [0.2, 0.25) is 0 Å². The van der Waals surface area contributed by atoms with Gasteiger partial charge in [-0.1, -0.05) is 43.3 Å². The van der Waals surface area contributed by atoms with Gasteiger partial charge in [0.25, 0.3) is 0 Å². The largest absolute Gasteiger partial charge is 0.484 e. The Hall–Kier alpha value is -1.87. The van der Waals surface area contributed by atoms with Gasteiger partial charge in [0, 0.05) is 0 Å². The first-order valence-electron chi connectivity index (χ1n) is 6.85. The first kappa shape index (κ1) is 13.1. The van der Waals surface area contributed by atoms with Crippen molar-refractivity contribution in [3.05, 3.63) is 65.5 Å². The molecule has 0 saturated carbocycles. The summed E-state index contributed by atoms with van der Waals surface area (Å²) in [6, 6.07) is 14.1. The Balaban J connectivity index is 1.88. The van der Waals surface area contributed by atoms with Crippen LogP contribution in [0.3, 0.4) is 0 Å². The van der Waals surface area contributed by atoms with Crippen molar-refractivity contribution in [2.24, 2.45) is 0 Å². The van der Waals surface area contributed by atoms with E-state index in [0.717, 1.165) is 11.1 Å². The molecular formula is C17H17FO2. The quantitative estimate of drug-likeness (QED) is 0.900. The van der Waals surface area contributed by atoms with E-state index in [1.54, 1.807) is 18.2 Å². The highest BCUT2D eigenvalue weighted by Gasteiger charge is 2.33. The number of rotatable bonds is 2. The van der Waals surface area contributed by atoms with Gasteiger partial charge in [-0.2, -0.15) is 0 Å². The van der Waals surface area contributed by atoms with Crippen molar-refractivity contribution in [3.8, 4) is 5.75 Å². The number of aliphatic hydroxyl groups is 1. The van der Waals surface area contributed by atoms with Gasteiger partial charge < -0.3 is 9.84 Å². The van der Waals surface area contributed by atoms with Gasteiger partial charge in [0.2, 0.25) is 0 Å². The SMILES string of the molecule is CC1CC(Oc2ccccc2F)C(O)c2ccccc21. The molecule has 2 aromatic carbocycles. The van der Waals surface area contributed by atoms with Crippen LogP contribution in [-0.2, 0) is 0 Å². The Morgan fingerprint density at radius 2 is 1.70 bits per heavy atom. The number of halogens is 1. The van der Waals surface area contributed by atoms with Crippen LogP contribution in [0.1, 0.15) is 36.5 Å². The molecule has 0 fully saturated rings. The zero-order chi connectivity index (χ0) is 14.1. The van der Waals surface area contributed by atoms with E-state index in [2.05, 4.69) is 6.92 Å². The zero-order valence-corrected chi connectivity index (χ0v) is 11.3. The molecule has 0 saturated heterocycles. The molecule has 1 aliphatic carbocycles. The van der Waals surface area contributed by atoms with Crippen molar-refractivity contribution in [1.29, 1.82) is 0 Å². The Kier molecular flexibility index (Phi) is 3.45. The lowest BCUT2D eigenvalue weighted by Gasteiger charge is -2.34. The molecule has 2 aromatic rings. The highest BCUT2D eigenvalue weighted by molar-refractivity contribution is 5.36. The maximum Gasteiger partial charge on any atom is 0.165 e. The molecule has 20 heavy (non-hydrogen) atoms. The minimum atomic E-state index is -0.720. The first-order valence-corrected chi connectivity index (χ1v) is 6.85. The normalized spacial score (nSPS) is 25.1. The molecule has 2 nitrogen and oxygen atoms in total. The predicted octanol–water partition coefficient (Wildman–Crippen LogP) is 3.81. The lowest BCUT2D eigenvalue weighted by Crippen LogP contribution is -2.32. The summed E-state index contributed by atoms with van der Waals surface area (Å²) in [7, 11) is 0. The molecule has 3 atom stereocenters. The van der Waals surface area contributed by atoms with Gasteiger partial charge in [-0.25, -0.2) is 4.39 Å². The van der Waals surface area contributed by atoms with Crippen LogP contribution in [0.15, 0.2) is 48.5 Å². The number of benzene rings is 2. The van der Waals surface area contributed by atoms with E-state index < -0.39 is 18.0 Å². The molecular weight excluding hydrogens is 255 g/mol. The Morgan fingerprint density at radius 3 is 2.45 bits per heavy atom. The fraction of sp³-hybridized carbons (Fsp3) is 0.294. The Bertz CT molecular complexity index is 611. The Morgan fingerprint density at radius 1 is 1.05 bits per heavy atom. The lowest BCUT2D eigenvalue weighted by molar-refractivity contribution is 0.0158. The summed E-state index contributed by atoms with van der Waals surface area (Å²) in [6.07, 6.45) is -0.467. The predicted molar refractivity (Wildman–Crippen MR) is 75.2 cm³/mol. The van der Waals surface area contributed by atoms with Gasteiger partial charge in [0.15, 0.2) is 11.6 Å². The number of aliphatic hydroxyl groups excluding tert-OH is 1. The number of hydrogen-bond donors (Lipinski definition) is 1. The second kappa shape index (κ2) is 5.25. The summed E-state index contributed by atoms with van der Waals surface area (Å²) in [6.45, 7) is 2.10. The van der Waals surface area contributed by atoms with Crippen LogP contribution in [0, 0.1) is 5.82 Å². The van der Waals surface area contributed by atoms with Crippen LogP contribution in [0.25, 0.3) is 0 Å². The molecule has 0 amide bonds. The minimum absolute atomic E-state index is 0.197. The maximum absolute atomic E-state index is 13.7. The summed E-state index contributed by atoms with van der Waals surface area (Å²) < 4.78 is 19.4. The number of hydrogen-bond acceptors (Lipinski definition) is 2. The zero-order valence-electron chi connectivity index (χ0n) is 11.3. The fourth-order valence-electron chi connectivity index (χ4n) is 2.85. The van der Waals surface area contributed by atoms with Crippen LogP contribution < -0.4 is 4.74 Å². The number of ether oxygens (including phenoxy) is 1. The molecule has 3 heteroatoms. The first-order chi connectivity index (χ1) is 9.66. The van der Waals surface area contributed by atoms with Gasteiger partial charge in [0.1, 0.15) is 12.2 Å². The molecule has 0 spiro atoms. The summed E-state index contributed by atoms with van der Waals surface area (Å²) in [5.74, 6) is 0.0840. The average Bonchev–Trinajstić information content (AvgIpc) is 2.47. The third kappa shape index (κ3) is 2.29. The standard InChI is InChI=1S/C17H17FO2/c1-11-10-16(20-15-9-5-4-8-14(15)18)17(19)13-7-3-2-6-12(11)13/h2-9,11,16-17,19H,10H2,1H3. The molecule has 0 radical (unpaired) electrons. The number of para-hydroxylation sites is 1. The van der Waals surface area contributed by atoms with Crippen LogP contribution in [0.5, 0.6) is 5.75 Å². The van der Waals surface area contributed by atoms with E-state index in [1.165, 1.54) is 6.07 Å². The van der Waals surface area contributed by atoms with Crippen molar-refractivity contribution in [2.45, 2.75) is 31.5 Å². The third-order valence-corrected chi connectivity index (χ3v) is 3.90. The van der Waals surface area contributed by atoms with Gasteiger partial charge in [0.05, 0.1) is 0 Å². The lowest BCUT2D eigenvalue weighted by atomic mass is 9.80. The number of fused-ring (bicyclic) bond motifs is 1. The van der Waals surface area contributed by atoms with Crippen LogP contribution in [-0.4, -0.2) is 11.2 Å². The molecule has 1 aliphatic rings. The minimum Gasteiger partial charge on any atom is -0.484 e. The third-order valence-electron chi connectivity index (χ3n) is 3.90. The smallest absolute Gasteiger partial charge is 0.165 e. The van der Waals surface area contributed by atoms with Crippen molar-refractivity contribution < 1.29 is 14.2 Å². The molecule has 3 unspecified atom stereocenters. The van der Waals surface area contributed by atoms with Crippen LogP contribution >= 0.6 is 0 Å². The average molecular weight is 272 g/mol. The van der Waals surface area contributed by atoms with E-state index in [4.69, 9.17) is 4.74 Å². The van der Waals surface area contributed by atoms with Crippen molar-refractivity contribution in [2.75, 3.05) is 0 Å². The van der Waals surface area contributed by atoms with Gasteiger partial charge in [-0.3, -0.25) is 0 Å². The second-order valence-corrected chi connectivity index (χ2v) is 5.30. The maximum atomic E-state index is 13.7. The van der Waals surface area contributed by atoms with E-state index in [1.807, 2.05) is 24.3 Å². The van der Waals surface area contributed by atoms with Gasteiger partial charge in [-0.05, 0) is 35.6 Å². The molecule has 104 valence electrons. The highest BCUT2D eigenvalue weighted by atomic mass is 19.1. The van der Waals surface area contributed by atoms with E-state index >= 15 is 0 Å². The highest BCUT2D eigenvalue weighted by Crippen LogP contribution is 2.39. The topological polar surface area (TPSA) is 29.5 Å². The van der Waals surface area contributed by atoms with E-state index in [0.29, 0.717) is 6.42 Å². The molecule has 1 N–H and O–H groups in total. The molecule has 3 rings (SSSR count). The monoisotopic (exact) mass is 272 g/mol. The van der Waals surface area contributed by atoms with Gasteiger partial charge in [-0.15, -0.1) is 0 Å². The summed E-state index contributed by atoms with van der Waals surface area (Å²) >= 11 is 0. The fourth-order valence-corrected chi connectivity index (χ4v) is 2.85. The van der Waals surface area contributed by atoms with Crippen LogP contribution in [0.4, 0.5) is 4.39 Å². The van der Waals surface area contributed by atoms with Crippen molar-refractivity contribution in [1.82, 2.24) is 0 Å².